The molecule has 0 unspecified atom stereocenters. The number of amides is 1. The van der Waals surface area contributed by atoms with Crippen molar-refractivity contribution in [3.8, 4) is 17.1 Å². The van der Waals surface area contributed by atoms with Gasteiger partial charge in [0.15, 0.2) is 11.0 Å². The van der Waals surface area contributed by atoms with Crippen LogP contribution in [0.5, 0.6) is 5.75 Å². The molecular weight excluding hydrogens is 380 g/mol. The predicted molar refractivity (Wildman–Crippen MR) is 111 cm³/mol. The van der Waals surface area contributed by atoms with E-state index in [2.05, 4.69) is 34.7 Å². The van der Waals surface area contributed by atoms with Crippen molar-refractivity contribution in [3.63, 3.8) is 0 Å². The van der Waals surface area contributed by atoms with Gasteiger partial charge in [0.2, 0.25) is 5.91 Å². The average Bonchev–Trinajstić information content (AvgIpc) is 3.22. The van der Waals surface area contributed by atoms with E-state index in [-0.39, 0.29) is 11.7 Å². The normalized spacial score (nSPS) is 10.8. The number of ether oxygens (including phenoxy) is 1. The van der Waals surface area contributed by atoms with Gasteiger partial charge in [-0.15, -0.1) is 21.5 Å². The number of carbonyl (C=O) groups is 1. The van der Waals surface area contributed by atoms with E-state index in [1.165, 1.54) is 22.2 Å². The fraction of sp³-hybridized carbons (Fsp3) is 0.316. The fourth-order valence-corrected chi connectivity index (χ4v) is 4.43. The van der Waals surface area contributed by atoms with Crippen LogP contribution in [0.25, 0.3) is 11.4 Å². The SMILES string of the molecule is CCc1c(-c2nnc(SCC(=O)Nc3ccc(OC)cc3)n2C)csc1C. The van der Waals surface area contributed by atoms with E-state index >= 15 is 0 Å². The van der Waals surface area contributed by atoms with Crippen LogP contribution in [0.3, 0.4) is 0 Å². The number of thioether (sulfide) groups is 1. The van der Waals surface area contributed by atoms with Gasteiger partial charge < -0.3 is 14.6 Å². The Kier molecular flexibility index (Phi) is 6.18. The van der Waals surface area contributed by atoms with Gasteiger partial charge in [-0.1, -0.05) is 18.7 Å². The van der Waals surface area contributed by atoms with Crippen LogP contribution in [0.1, 0.15) is 17.4 Å². The summed E-state index contributed by atoms with van der Waals surface area (Å²) in [6, 6.07) is 7.25. The summed E-state index contributed by atoms with van der Waals surface area (Å²) < 4.78 is 7.07. The highest BCUT2D eigenvalue weighted by atomic mass is 32.2. The van der Waals surface area contributed by atoms with E-state index in [1.54, 1.807) is 18.4 Å². The van der Waals surface area contributed by atoms with Crippen LogP contribution < -0.4 is 10.1 Å². The Morgan fingerprint density at radius 1 is 1.30 bits per heavy atom. The van der Waals surface area contributed by atoms with Crippen molar-refractivity contribution in [1.29, 1.82) is 0 Å². The maximum absolute atomic E-state index is 12.2. The highest BCUT2D eigenvalue weighted by molar-refractivity contribution is 7.99. The van der Waals surface area contributed by atoms with E-state index < -0.39 is 0 Å². The molecule has 0 spiro atoms. The van der Waals surface area contributed by atoms with Crippen molar-refractivity contribution < 1.29 is 9.53 Å². The molecule has 1 amide bonds. The molecule has 3 aromatic rings. The van der Waals surface area contributed by atoms with Crippen LogP contribution in [0.2, 0.25) is 0 Å². The minimum atomic E-state index is -0.0876. The second kappa shape index (κ2) is 8.58. The van der Waals surface area contributed by atoms with Gasteiger partial charge in [0.1, 0.15) is 5.75 Å². The second-order valence-corrected chi connectivity index (χ2v) is 7.99. The van der Waals surface area contributed by atoms with E-state index in [4.69, 9.17) is 4.74 Å². The molecule has 3 rings (SSSR count). The van der Waals surface area contributed by atoms with Crippen LogP contribution in [-0.2, 0) is 18.3 Å². The number of aromatic nitrogens is 3. The molecule has 0 atom stereocenters. The van der Waals surface area contributed by atoms with Gasteiger partial charge >= 0.3 is 0 Å². The maximum Gasteiger partial charge on any atom is 0.234 e. The molecule has 0 aliphatic rings. The van der Waals surface area contributed by atoms with Crippen molar-refractivity contribution in [2.24, 2.45) is 7.05 Å². The lowest BCUT2D eigenvalue weighted by Crippen LogP contribution is -2.14. The standard InChI is InChI=1S/C19H22N4O2S2/c1-5-15-12(2)26-10-16(15)18-21-22-19(23(18)3)27-11-17(24)20-13-6-8-14(25-4)9-7-13/h6-10H,5,11H2,1-4H3,(H,20,24). The Labute approximate surface area is 167 Å². The zero-order chi connectivity index (χ0) is 19.4. The number of nitrogens with one attached hydrogen (secondary N) is 1. The number of aryl methyl sites for hydroxylation is 1. The van der Waals surface area contributed by atoms with Crippen molar-refractivity contribution >= 4 is 34.7 Å². The lowest BCUT2D eigenvalue weighted by atomic mass is 10.1. The summed E-state index contributed by atoms with van der Waals surface area (Å²) >= 11 is 3.10. The molecule has 0 radical (unpaired) electrons. The molecule has 2 heterocycles. The number of anilines is 1. The lowest BCUT2D eigenvalue weighted by Gasteiger charge is -2.07. The van der Waals surface area contributed by atoms with Gasteiger partial charge in [0.25, 0.3) is 0 Å². The largest absolute Gasteiger partial charge is 0.497 e. The monoisotopic (exact) mass is 402 g/mol. The number of benzene rings is 1. The molecule has 6 nitrogen and oxygen atoms in total. The first-order valence-electron chi connectivity index (χ1n) is 8.57. The number of methoxy groups -OCH3 is 1. The van der Waals surface area contributed by atoms with Gasteiger partial charge in [-0.25, -0.2) is 0 Å². The minimum Gasteiger partial charge on any atom is -0.497 e. The van der Waals surface area contributed by atoms with E-state index in [9.17, 15) is 4.79 Å². The van der Waals surface area contributed by atoms with Crippen LogP contribution in [0.15, 0.2) is 34.8 Å². The van der Waals surface area contributed by atoms with Gasteiger partial charge in [0, 0.05) is 28.6 Å². The van der Waals surface area contributed by atoms with Crippen molar-refractivity contribution in [1.82, 2.24) is 14.8 Å². The molecule has 27 heavy (non-hydrogen) atoms. The molecule has 0 fully saturated rings. The molecule has 1 N–H and O–H groups in total. The molecule has 0 aliphatic heterocycles. The number of hydrogen-bond donors (Lipinski definition) is 1. The Morgan fingerprint density at radius 2 is 2.04 bits per heavy atom. The Bertz CT molecular complexity index is 932. The van der Waals surface area contributed by atoms with E-state index in [0.717, 1.165) is 34.4 Å². The summed E-state index contributed by atoms with van der Waals surface area (Å²) in [7, 11) is 3.55. The summed E-state index contributed by atoms with van der Waals surface area (Å²) in [5, 5.41) is 14.3. The number of rotatable bonds is 7. The van der Waals surface area contributed by atoms with Gasteiger partial charge in [-0.2, -0.15) is 0 Å². The number of hydrogen-bond acceptors (Lipinski definition) is 6. The van der Waals surface area contributed by atoms with Crippen LogP contribution in [-0.4, -0.2) is 33.5 Å². The number of carbonyl (C=O) groups excluding carboxylic acids is 1. The zero-order valence-electron chi connectivity index (χ0n) is 15.8. The Balaban J connectivity index is 1.64. The van der Waals surface area contributed by atoms with Gasteiger partial charge in [0.05, 0.1) is 12.9 Å². The molecule has 0 bridgehead atoms. The predicted octanol–water partition coefficient (Wildman–Crippen LogP) is 4.15. The molecule has 0 aliphatic carbocycles. The fourth-order valence-electron chi connectivity index (χ4n) is 2.78. The first kappa shape index (κ1) is 19.4. The van der Waals surface area contributed by atoms with Crippen molar-refractivity contribution in [2.75, 3.05) is 18.2 Å². The lowest BCUT2D eigenvalue weighted by molar-refractivity contribution is -0.113. The zero-order valence-corrected chi connectivity index (χ0v) is 17.4. The minimum absolute atomic E-state index is 0.0876. The molecule has 0 saturated heterocycles. The second-order valence-electron chi connectivity index (χ2n) is 5.97. The van der Waals surface area contributed by atoms with E-state index in [1.807, 2.05) is 35.9 Å². The number of nitrogens with zero attached hydrogens (tertiary/aromatic N) is 3. The third kappa shape index (κ3) is 4.33. The molecule has 2 aromatic heterocycles. The van der Waals surface area contributed by atoms with Gasteiger partial charge in [-0.3, -0.25) is 4.79 Å². The maximum atomic E-state index is 12.2. The first-order chi connectivity index (χ1) is 13.0. The molecule has 142 valence electrons. The Morgan fingerprint density at radius 3 is 2.70 bits per heavy atom. The molecule has 0 saturated carbocycles. The third-order valence-corrected chi connectivity index (χ3v) is 6.21. The Hall–Kier alpha value is -2.32. The van der Waals surface area contributed by atoms with Crippen molar-refractivity contribution in [3.05, 3.63) is 40.1 Å². The quantitative estimate of drug-likeness (QED) is 0.601. The van der Waals surface area contributed by atoms with Crippen LogP contribution in [0.4, 0.5) is 5.69 Å². The first-order valence-corrected chi connectivity index (χ1v) is 10.4. The van der Waals surface area contributed by atoms with E-state index in [0.29, 0.717) is 0 Å². The highest BCUT2D eigenvalue weighted by Crippen LogP contribution is 2.32. The van der Waals surface area contributed by atoms with Gasteiger partial charge in [-0.05, 0) is 43.2 Å². The summed E-state index contributed by atoms with van der Waals surface area (Å²) in [5.41, 5.74) is 3.18. The third-order valence-electron chi connectivity index (χ3n) is 4.24. The van der Waals surface area contributed by atoms with Crippen molar-refractivity contribution in [2.45, 2.75) is 25.4 Å². The van der Waals surface area contributed by atoms with Crippen LogP contribution >= 0.6 is 23.1 Å². The summed E-state index contributed by atoms with van der Waals surface area (Å²) in [4.78, 5) is 13.5. The summed E-state index contributed by atoms with van der Waals surface area (Å²) in [6.45, 7) is 4.27. The number of thiophene rings is 1. The molecule has 8 heteroatoms. The summed E-state index contributed by atoms with van der Waals surface area (Å²) in [6.07, 6.45) is 0.963. The smallest absolute Gasteiger partial charge is 0.234 e. The van der Waals surface area contributed by atoms with Crippen LogP contribution in [0, 0.1) is 6.92 Å². The average molecular weight is 403 g/mol. The summed E-state index contributed by atoms with van der Waals surface area (Å²) in [5.74, 6) is 1.77. The topological polar surface area (TPSA) is 69.0 Å². The molecular formula is C19H22N4O2S2. The molecule has 1 aromatic carbocycles. The highest BCUT2D eigenvalue weighted by Gasteiger charge is 2.17.